The molecule has 0 N–H and O–H groups in total. The first-order chi connectivity index (χ1) is 2.77. The zero-order valence-electron chi connectivity index (χ0n) is 2.48. The molecule has 0 spiro atoms. The Hall–Kier alpha value is 0.980. The van der Waals surface area contributed by atoms with Crippen molar-refractivity contribution in [3.63, 3.8) is 0 Å². The number of rotatable bonds is 1. The lowest BCUT2D eigenvalue weighted by atomic mass is 11.9. The second kappa shape index (κ2) is 4.15. The van der Waals surface area contributed by atoms with Gasteiger partial charge in [0.15, 0.2) is 3.66 Å². The molecule has 0 aromatic carbocycles. The number of hydrogen-bond donors (Lipinski definition) is 0. The summed E-state index contributed by atoms with van der Waals surface area (Å²) in [4.78, 5) is 0. The monoisotopic (exact) mass is 162 g/mol. The average Bonchev–Trinajstić information content (AvgIpc) is 1.35. The van der Waals surface area contributed by atoms with E-state index in [1.807, 2.05) is 0 Å². The van der Waals surface area contributed by atoms with Gasteiger partial charge in [-0.05, 0) is 0 Å². The Bertz CT molecular complexity index is 55.5. The van der Waals surface area contributed by atoms with Gasteiger partial charge in [-0.15, -0.1) is 0 Å². The predicted molar refractivity (Wildman–Crippen MR) is 33.0 cm³/mol. The molecule has 0 radical (unpaired) electrons. The van der Waals surface area contributed by atoms with E-state index in [-0.39, 0.29) is 3.66 Å². The Kier molecular flexibility index (Phi) is 4.82. The van der Waals surface area contributed by atoms with Gasteiger partial charge in [0.25, 0.3) is 0 Å². The van der Waals surface area contributed by atoms with Crippen LogP contribution >= 0.6 is 47.7 Å². The van der Waals surface area contributed by atoms with Crippen molar-refractivity contribution in [1.29, 1.82) is 0 Å². The van der Waals surface area contributed by atoms with E-state index < -0.39 is 0 Å². The van der Waals surface area contributed by atoms with E-state index in [1.165, 1.54) is 0 Å². The van der Waals surface area contributed by atoms with Crippen molar-refractivity contribution in [1.82, 2.24) is 0 Å². The SMILES string of the molecule is S=C(Cl)SOCl. The third-order valence-electron chi connectivity index (χ3n) is 0.0970. The topological polar surface area (TPSA) is 9.23 Å². The molecule has 0 fully saturated rings. The first-order valence-corrected chi connectivity index (χ1v) is 2.75. The molecule has 0 atom stereocenters. The van der Waals surface area contributed by atoms with Crippen LogP contribution in [0.1, 0.15) is 0 Å². The van der Waals surface area contributed by atoms with Crippen molar-refractivity contribution in [3.05, 3.63) is 0 Å². The predicted octanol–water partition coefficient (Wildman–Crippen LogP) is 2.33. The van der Waals surface area contributed by atoms with Crippen LogP contribution in [-0.2, 0) is 3.74 Å². The number of hydrogen-bond acceptors (Lipinski definition) is 3. The zero-order valence-corrected chi connectivity index (χ0v) is 5.63. The van der Waals surface area contributed by atoms with Crippen molar-refractivity contribution in [2.24, 2.45) is 0 Å². The van der Waals surface area contributed by atoms with Crippen LogP contribution in [0.2, 0.25) is 0 Å². The molecule has 0 bridgehead atoms. The zero-order chi connectivity index (χ0) is 4.99. The molecule has 0 saturated carbocycles. The highest BCUT2D eigenvalue weighted by molar-refractivity contribution is 8.23. The quantitative estimate of drug-likeness (QED) is 0.333. The van der Waals surface area contributed by atoms with Crippen LogP contribution in [0.15, 0.2) is 0 Å². The van der Waals surface area contributed by atoms with Crippen LogP contribution < -0.4 is 0 Å². The summed E-state index contributed by atoms with van der Waals surface area (Å²) in [6.45, 7) is 0. The molecule has 36 valence electrons. The van der Waals surface area contributed by atoms with Gasteiger partial charge in [-0.25, -0.2) is 3.74 Å². The van der Waals surface area contributed by atoms with Crippen molar-refractivity contribution in [2.45, 2.75) is 0 Å². The van der Waals surface area contributed by atoms with Crippen LogP contribution in [0.4, 0.5) is 0 Å². The molecule has 0 aromatic heterocycles. The molecule has 1 nitrogen and oxygen atoms in total. The molecule has 0 rings (SSSR count). The Labute approximate surface area is 55.3 Å². The van der Waals surface area contributed by atoms with Gasteiger partial charge in [-0.3, -0.25) is 0 Å². The summed E-state index contributed by atoms with van der Waals surface area (Å²) in [5.41, 5.74) is 0. The minimum absolute atomic E-state index is 0.157. The number of halogens is 2. The van der Waals surface area contributed by atoms with Gasteiger partial charge >= 0.3 is 0 Å². The maximum atomic E-state index is 5.06. The Morgan fingerprint density at radius 1 is 1.83 bits per heavy atom. The Morgan fingerprint density at radius 2 is 2.33 bits per heavy atom. The molecule has 0 heterocycles. The van der Waals surface area contributed by atoms with Crippen LogP contribution in [0, 0.1) is 0 Å². The third kappa shape index (κ3) is 4.98. The van der Waals surface area contributed by atoms with Crippen LogP contribution in [-0.4, -0.2) is 3.66 Å². The van der Waals surface area contributed by atoms with Gasteiger partial charge < -0.3 is 0 Å². The van der Waals surface area contributed by atoms with E-state index in [4.69, 9.17) is 11.6 Å². The normalized spacial score (nSPS) is 8.33. The fourth-order valence-electron chi connectivity index (χ4n) is 0.0248. The van der Waals surface area contributed by atoms with Gasteiger partial charge in [0.05, 0.1) is 23.9 Å². The average molecular weight is 163 g/mol. The molecular weight excluding hydrogens is 163 g/mol. The second-order valence-corrected chi connectivity index (χ2v) is 2.96. The molecule has 0 aliphatic heterocycles. The van der Waals surface area contributed by atoms with Gasteiger partial charge in [0, 0.05) is 0 Å². The molecule has 0 unspecified atom stereocenters. The van der Waals surface area contributed by atoms with Gasteiger partial charge in [-0.2, -0.15) is 0 Å². The second-order valence-electron chi connectivity index (χ2n) is 0.384. The first-order valence-electron chi connectivity index (χ1n) is 0.918. The number of thiocarbonyl (C=S) groups is 1. The summed E-state index contributed by atoms with van der Waals surface area (Å²) < 4.78 is 4.08. The standard InChI is InChI=1S/CCl2OS2/c2-1(5)6-4-3. The molecule has 0 aromatic rings. The highest BCUT2D eigenvalue weighted by Crippen LogP contribution is 2.10. The lowest BCUT2D eigenvalue weighted by Gasteiger charge is -1.79. The van der Waals surface area contributed by atoms with Gasteiger partial charge in [0.2, 0.25) is 0 Å². The summed E-state index contributed by atoms with van der Waals surface area (Å²) in [5, 5.41) is 0. The smallest absolute Gasteiger partial charge is 0.166 e. The summed E-state index contributed by atoms with van der Waals surface area (Å²) in [7, 11) is 0. The van der Waals surface area contributed by atoms with Gasteiger partial charge in [0.1, 0.15) is 0 Å². The van der Waals surface area contributed by atoms with E-state index in [0.29, 0.717) is 0 Å². The molecule has 0 amide bonds. The van der Waals surface area contributed by atoms with Crippen LogP contribution in [0.5, 0.6) is 0 Å². The maximum Gasteiger partial charge on any atom is 0.166 e. The van der Waals surface area contributed by atoms with E-state index in [9.17, 15) is 0 Å². The first kappa shape index (κ1) is 6.98. The Balaban J connectivity index is 2.83. The minimum Gasteiger partial charge on any atom is -0.200 e. The lowest BCUT2D eigenvalue weighted by Crippen LogP contribution is -1.64. The molecule has 6 heavy (non-hydrogen) atoms. The van der Waals surface area contributed by atoms with Crippen LogP contribution in [0.3, 0.4) is 0 Å². The summed E-state index contributed by atoms with van der Waals surface area (Å²) in [5.74, 6) is 0. The largest absolute Gasteiger partial charge is 0.200 e. The summed E-state index contributed by atoms with van der Waals surface area (Å²) in [6, 6.07) is 0. The molecule has 0 aliphatic rings. The summed E-state index contributed by atoms with van der Waals surface area (Å²) >= 11 is 14.8. The maximum absolute atomic E-state index is 5.06. The van der Waals surface area contributed by atoms with E-state index in [0.717, 1.165) is 12.0 Å². The van der Waals surface area contributed by atoms with Crippen molar-refractivity contribution < 1.29 is 3.74 Å². The van der Waals surface area contributed by atoms with Crippen molar-refractivity contribution >= 4 is 51.4 Å². The van der Waals surface area contributed by atoms with Gasteiger partial charge in [-0.1, -0.05) is 23.8 Å². The van der Waals surface area contributed by atoms with E-state index in [2.05, 4.69) is 27.8 Å². The van der Waals surface area contributed by atoms with Crippen molar-refractivity contribution in [2.75, 3.05) is 0 Å². The van der Waals surface area contributed by atoms with E-state index in [1.54, 1.807) is 0 Å². The molecule has 5 heteroatoms. The highest BCUT2D eigenvalue weighted by Gasteiger charge is 1.86. The fourth-order valence-corrected chi connectivity index (χ4v) is 0.669. The fraction of sp³-hybridized carbons (Fsp3) is 0. The lowest BCUT2D eigenvalue weighted by molar-refractivity contribution is 0.738. The molecular formula is CCl2OS2. The molecule has 0 saturated heterocycles. The minimum atomic E-state index is 0.157. The van der Waals surface area contributed by atoms with Crippen LogP contribution in [0.25, 0.3) is 0 Å². The molecule has 0 aliphatic carbocycles. The van der Waals surface area contributed by atoms with E-state index >= 15 is 0 Å². The summed E-state index contributed by atoms with van der Waals surface area (Å²) in [6.07, 6.45) is 0. The Morgan fingerprint density at radius 3 is 2.33 bits per heavy atom. The van der Waals surface area contributed by atoms with Crippen molar-refractivity contribution in [3.8, 4) is 0 Å². The third-order valence-corrected chi connectivity index (χ3v) is 0.873. The highest BCUT2D eigenvalue weighted by atomic mass is 35.5.